The molecule has 1 unspecified atom stereocenters. The first kappa shape index (κ1) is 15.8. The maximum Gasteiger partial charge on any atom is 0.227 e. The summed E-state index contributed by atoms with van der Waals surface area (Å²) >= 11 is 1.64. The minimum Gasteiger partial charge on any atom is -0.382 e. The lowest BCUT2D eigenvalue weighted by molar-refractivity contribution is -0.134. The molecule has 128 valence electrons. The van der Waals surface area contributed by atoms with Crippen molar-refractivity contribution in [3.8, 4) is 0 Å². The molecule has 24 heavy (non-hydrogen) atoms. The largest absolute Gasteiger partial charge is 0.382 e. The van der Waals surface area contributed by atoms with E-state index in [4.69, 9.17) is 4.74 Å². The van der Waals surface area contributed by atoms with Gasteiger partial charge in [0.1, 0.15) is 0 Å². The van der Waals surface area contributed by atoms with E-state index in [9.17, 15) is 4.79 Å². The van der Waals surface area contributed by atoms with Crippen molar-refractivity contribution in [3.63, 3.8) is 0 Å². The van der Waals surface area contributed by atoms with Crippen LogP contribution < -0.4 is 0 Å². The fourth-order valence-electron chi connectivity index (χ4n) is 3.54. The van der Waals surface area contributed by atoms with E-state index in [1.807, 2.05) is 22.5 Å². The number of methoxy groups -OCH3 is 1. The van der Waals surface area contributed by atoms with Crippen LogP contribution in [0.25, 0.3) is 0 Å². The topological polar surface area (TPSA) is 47.4 Å². The highest BCUT2D eigenvalue weighted by molar-refractivity contribution is 7.08. The second-order valence-corrected chi connectivity index (χ2v) is 7.58. The average molecular weight is 345 g/mol. The molecule has 3 heterocycles. The normalized spacial score (nSPS) is 20.2. The minimum absolute atomic E-state index is 0.0221. The lowest BCUT2D eigenvalue weighted by atomic mass is 9.99. The molecule has 1 amide bonds. The van der Waals surface area contributed by atoms with E-state index in [0.29, 0.717) is 13.0 Å². The van der Waals surface area contributed by atoms with Crippen molar-refractivity contribution in [2.75, 3.05) is 20.3 Å². The molecule has 6 heteroatoms. The van der Waals surface area contributed by atoms with E-state index in [1.165, 1.54) is 24.1 Å². The van der Waals surface area contributed by atoms with Crippen molar-refractivity contribution in [2.45, 2.75) is 38.3 Å². The molecule has 5 nitrogen and oxygen atoms in total. The lowest BCUT2D eigenvalue weighted by Crippen LogP contribution is -2.43. The number of rotatable bonds is 6. The Bertz CT molecular complexity index is 706. The Balaban J connectivity index is 1.58. The Morgan fingerprint density at radius 2 is 2.33 bits per heavy atom. The summed E-state index contributed by atoms with van der Waals surface area (Å²) in [4.78, 5) is 14.9. The molecule has 1 saturated carbocycles. The van der Waals surface area contributed by atoms with E-state index in [2.05, 4.69) is 15.2 Å². The third kappa shape index (κ3) is 3.13. The third-order valence-electron chi connectivity index (χ3n) is 4.98. The molecule has 1 aliphatic carbocycles. The van der Waals surface area contributed by atoms with E-state index < -0.39 is 0 Å². The highest BCUT2D eigenvalue weighted by Crippen LogP contribution is 2.35. The smallest absolute Gasteiger partial charge is 0.227 e. The van der Waals surface area contributed by atoms with Gasteiger partial charge in [-0.3, -0.25) is 9.48 Å². The minimum atomic E-state index is -0.0221. The standard InChI is InChI=1S/C18H23N3O2S/c1-23-11-16-18-15(9-19-21(18)10-13-2-3-13)4-6-20(16)17(22)8-14-5-7-24-12-14/h5,7,9,12-13,16H,2-4,6,8,10-11H2,1H3. The van der Waals surface area contributed by atoms with Gasteiger partial charge in [0.2, 0.25) is 5.91 Å². The number of carbonyl (C=O) groups is 1. The summed E-state index contributed by atoms with van der Waals surface area (Å²) in [6.45, 7) is 2.25. The van der Waals surface area contributed by atoms with Crippen LogP contribution in [0.3, 0.4) is 0 Å². The number of amides is 1. The predicted molar refractivity (Wildman–Crippen MR) is 93.0 cm³/mol. The molecule has 1 aliphatic heterocycles. The molecule has 2 aromatic rings. The summed E-state index contributed by atoms with van der Waals surface area (Å²) in [6.07, 6.45) is 5.93. The van der Waals surface area contributed by atoms with Crippen LogP contribution in [-0.4, -0.2) is 40.8 Å². The van der Waals surface area contributed by atoms with Gasteiger partial charge in [-0.25, -0.2) is 0 Å². The Kier molecular flexibility index (Phi) is 4.41. The van der Waals surface area contributed by atoms with E-state index in [0.717, 1.165) is 31.0 Å². The van der Waals surface area contributed by atoms with Crippen molar-refractivity contribution in [3.05, 3.63) is 39.8 Å². The zero-order chi connectivity index (χ0) is 16.5. The zero-order valence-corrected chi connectivity index (χ0v) is 14.8. The van der Waals surface area contributed by atoms with Crippen molar-refractivity contribution in [1.82, 2.24) is 14.7 Å². The molecular formula is C18H23N3O2S. The van der Waals surface area contributed by atoms with Gasteiger partial charge in [0.25, 0.3) is 0 Å². The Hall–Kier alpha value is -1.66. The predicted octanol–water partition coefficient (Wildman–Crippen LogP) is 2.67. The molecule has 2 aliphatic rings. The van der Waals surface area contributed by atoms with Gasteiger partial charge < -0.3 is 9.64 Å². The maximum absolute atomic E-state index is 12.9. The molecule has 2 aromatic heterocycles. The molecule has 4 rings (SSSR count). The van der Waals surface area contributed by atoms with Crippen molar-refractivity contribution in [1.29, 1.82) is 0 Å². The van der Waals surface area contributed by atoms with Crippen LogP contribution in [-0.2, 0) is 28.9 Å². The highest BCUT2D eigenvalue weighted by atomic mass is 32.1. The molecule has 0 spiro atoms. The summed E-state index contributed by atoms with van der Waals surface area (Å²) in [7, 11) is 1.71. The fraction of sp³-hybridized carbons (Fsp3) is 0.556. The number of fused-ring (bicyclic) bond motifs is 1. The molecule has 0 N–H and O–H groups in total. The van der Waals surface area contributed by atoms with Crippen molar-refractivity contribution < 1.29 is 9.53 Å². The average Bonchev–Trinajstić information content (AvgIpc) is 3.06. The van der Waals surface area contributed by atoms with Gasteiger partial charge >= 0.3 is 0 Å². The van der Waals surface area contributed by atoms with Gasteiger partial charge in [0.15, 0.2) is 0 Å². The number of nitrogens with zero attached hydrogens (tertiary/aromatic N) is 3. The number of aromatic nitrogens is 2. The van der Waals surface area contributed by atoms with E-state index in [-0.39, 0.29) is 11.9 Å². The first-order valence-corrected chi connectivity index (χ1v) is 9.54. The molecular weight excluding hydrogens is 322 g/mol. The van der Waals surface area contributed by atoms with Gasteiger partial charge in [-0.15, -0.1) is 0 Å². The van der Waals surface area contributed by atoms with Crippen molar-refractivity contribution in [2.24, 2.45) is 5.92 Å². The van der Waals surface area contributed by atoms with Gasteiger partial charge in [0.05, 0.1) is 31.0 Å². The highest BCUT2D eigenvalue weighted by Gasteiger charge is 2.35. The van der Waals surface area contributed by atoms with E-state index in [1.54, 1.807) is 18.4 Å². The summed E-state index contributed by atoms with van der Waals surface area (Å²) < 4.78 is 7.59. The number of hydrogen-bond acceptors (Lipinski definition) is 4. The Morgan fingerprint density at radius 3 is 3.04 bits per heavy atom. The summed E-state index contributed by atoms with van der Waals surface area (Å²) in [5.41, 5.74) is 3.56. The first-order valence-electron chi connectivity index (χ1n) is 8.60. The zero-order valence-electron chi connectivity index (χ0n) is 14.0. The van der Waals surface area contributed by atoms with Crippen LogP contribution in [0.5, 0.6) is 0 Å². The second kappa shape index (κ2) is 6.69. The van der Waals surface area contributed by atoms with Crippen LogP contribution in [0.4, 0.5) is 0 Å². The monoisotopic (exact) mass is 345 g/mol. The van der Waals surface area contributed by atoms with Gasteiger partial charge in [-0.1, -0.05) is 0 Å². The first-order chi connectivity index (χ1) is 11.8. The molecule has 0 aromatic carbocycles. The maximum atomic E-state index is 12.9. The van der Waals surface area contributed by atoms with Crippen molar-refractivity contribution >= 4 is 17.2 Å². The lowest BCUT2D eigenvalue weighted by Gasteiger charge is -2.36. The third-order valence-corrected chi connectivity index (χ3v) is 5.71. The van der Waals surface area contributed by atoms with E-state index >= 15 is 0 Å². The molecule has 0 saturated heterocycles. The van der Waals surface area contributed by atoms with Gasteiger partial charge in [-0.2, -0.15) is 16.4 Å². The number of carbonyl (C=O) groups excluding carboxylic acids is 1. The second-order valence-electron chi connectivity index (χ2n) is 6.80. The summed E-state index contributed by atoms with van der Waals surface area (Å²) in [6, 6.07) is 2.01. The van der Waals surface area contributed by atoms with Crippen LogP contribution in [0, 0.1) is 5.92 Å². The SMILES string of the molecule is COCC1c2c(cnn2CC2CC2)CCN1C(=O)Cc1ccsc1. The van der Waals surface area contributed by atoms with Crippen LogP contribution >= 0.6 is 11.3 Å². The van der Waals surface area contributed by atoms with Gasteiger partial charge in [-0.05, 0) is 53.1 Å². The van der Waals surface area contributed by atoms with Crippen LogP contribution in [0.2, 0.25) is 0 Å². The fourth-order valence-corrected chi connectivity index (χ4v) is 4.21. The number of ether oxygens (including phenoxy) is 1. The molecule has 1 fully saturated rings. The quantitative estimate of drug-likeness (QED) is 0.809. The molecule has 0 bridgehead atoms. The molecule has 1 atom stereocenters. The van der Waals surface area contributed by atoms with Gasteiger partial charge in [0, 0.05) is 20.2 Å². The Morgan fingerprint density at radius 1 is 1.46 bits per heavy atom. The molecule has 0 radical (unpaired) electrons. The number of thiophene rings is 1. The summed E-state index contributed by atoms with van der Waals surface area (Å²) in [5, 5.41) is 8.68. The Labute approximate surface area is 146 Å². The summed E-state index contributed by atoms with van der Waals surface area (Å²) in [5.74, 6) is 0.939. The number of hydrogen-bond donors (Lipinski definition) is 0. The van der Waals surface area contributed by atoms with Crippen LogP contribution in [0.15, 0.2) is 23.0 Å². The van der Waals surface area contributed by atoms with Crippen LogP contribution in [0.1, 0.15) is 35.7 Å².